The number of aryl methyl sites for hydroxylation is 3. The van der Waals surface area contributed by atoms with Crippen LogP contribution in [0, 0.1) is 20.8 Å². The molecule has 0 saturated carbocycles. The van der Waals surface area contributed by atoms with Gasteiger partial charge in [-0.3, -0.25) is 9.36 Å². The van der Waals surface area contributed by atoms with Crippen LogP contribution in [-0.4, -0.2) is 31.2 Å². The molecule has 0 radical (unpaired) electrons. The highest BCUT2D eigenvalue weighted by atomic mass is 32.1. The number of nitrogens with zero attached hydrogens (tertiary/aromatic N) is 4. The minimum absolute atomic E-state index is 0.622. The van der Waals surface area contributed by atoms with E-state index in [4.69, 9.17) is 12.2 Å². The fourth-order valence-corrected chi connectivity index (χ4v) is 3.18. The molecule has 142 valence electrons. The second-order valence-corrected chi connectivity index (χ2v) is 7.11. The lowest BCUT2D eigenvalue weighted by atomic mass is 10.2. The Morgan fingerprint density at radius 1 is 1.15 bits per heavy atom. The predicted molar refractivity (Wildman–Crippen MR) is 113 cm³/mol. The lowest BCUT2D eigenvalue weighted by Gasteiger charge is -2.11. The summed E-state index contributed by atoms with van der Waals surface area (Å²) in [6.07, 6.45) is 4.87. The molecule has 3 rings (SSSR count). The lowest BCUT2D eigenvalue weighted by molar-refractivity contribution is 0.573. The van der Waals surface area contributed by atoms with Crippen molar-refractivity contribution >= 4 is 23.0 Å². The van der Waals surface area contributed by atoms with Crippen LogP contribution >= 0.6 is 12.2 Å². The van der Waals surface area contributed by atoms with Gasteiger partial charge >= 0.3 is 0 Å². The highest BCUT2D eigenvalue weighted by Crippen LogP contribution is 2.20. The van der Waals surface area contributed by atoms with Crippen LogP contribution < -0.4 is 10.6 Å². The van der Waals surface area contributed by atoms with E-state index in [1.54, 1.807) is 0 Å². The van der Waals surface area contributed by atoms with Crippen molar-refractivity contribution in [2.45, 2.75) is 40.3 Å². The SMILES string of the molecule is Cc1cnn(CCCNC(=S)Nc2c(C)nn(Cc3ccccc3)c2C)c1. The average molecular weight is 383 g/mol. The van der Waals surface area contributed by atoms with Gasteiger partial charge in [-0.25, -0.2) is 0 Å². The Bertz CT molecular complexity index is 897. The van der Waals surface area contributed by atoms with Crippen LogP contribution in [0.4, 0.5) is 5.69 Å². The molecule has 0 aliphatic carbocycles. The summed E-state index contributed by atoms with van der Waals surface area (Å²) in [4.78, 5) is 0. The van der Waals surface area contributed by atoms with Crippen LogP contribution in [0.2, 0.25) is 0 Å². The molecule has 2 heterocycles. The van der Waals surface area contributed by atoms with E-state index in [0.717, 1.165) is 43.1 Å². The smallest absolute Gasteiger partial charge is 0.170 e. The zero-order valence-electron chi connectivity index (χ0n) is 16.1. The van der Waals surface area contributed by atoms with Gasteiger partial charge in [0.15, 0.2) is 5.11 Å². The highest BCUT2D eigenvalue weighted by molar-refractivity contribution is 7.80. The Kier molecular flexibility index (Phi) is 6.24. The molecule has 0 bridgehead atoms. The van der Waals surface area contributed by atoms with E-state index in [1.807, 2.05) is 53.8 Å². The summed E-state index contributed by atoms with van der Waals surface area (Å²) in [5, 5.41) is 16.1. The number of aromatic nitrogens is 4. The number of nitrogens with one attached hydrogen (secondary N) is 2. The summed E-state index contributed by atoms with van der Waals surface area (Å²) in [5.74, 6) is 0. The minimum atomic E-state index is 0.622. The van der Waals surface area contributed by atoms with Crippen molar-refractivity contribution in [2.24, 2.45) is 0 Å². The average Bonchev–Trinajstić information content (AvgIpc) is 3.18. The third kappa shape index (κ3) is 5.17. The summed E-state index contributed by atoms with van der Waals surface area (Å²) >= 11 is 5.45. The first-order valence-electron chi connectivity index (χ1n) is 9.15. The molecule has 27 heavy (non-hydrogen) atoms. The molecule has 0 spiro atoms. The first kappa shape index (κ1) is 19.1. The number of rotatable bonds is 7. The highest BCUT2D eigenvalue weighted by Gasteiger charge is 2.12. The van der Waals surface area contributed by atoms with Gasteiger partial charge in [-0.2, -0.15) is 10.2 Å². The van der Waals surface area contributed by atoms with Crippen molar-refractivity contribution in [3.63, 3.8) is 0 Å². The number of benzene rings is 1. The van der Waals surface area contributed by atoms with E-state index in [2.05, 4.69) is 39.9 Å². The van der Waals surface area contributed by atoms with Gasteiger partial charge in [0.1, 0.15) is 0 Å². The Labute approximate surface area is 165 Å². The van der Waals surface area contributed by atoms with Crippen LogP contribution in [0.1, 0.15) is 28.9 Å². The molecule has 2 N–H and O–H groups in total. The van der Waals surface area contributed by atoms with E-state index in [0.29, 0.717) is 5.11 Å². The molecule has 6 nitrogen and oxygen atoms in total. The zero-order chi connectivity index (χ0) is 19.2. The van der Waals surface area contributed by atoms with Gasteiger partial charge in [0.05, 0.1) is 29.8 Å². The summed E-state index contributed by atoms with van der Waals surface area (Å²) in [7, 11) is 0. The Balaban J connectivity index is 1.51. The molecule has 1 aromatic carbocycles. The summed E-state index contributed by atoms with van der Waals surface area (Å²) in [6.45, 7) is 8.52. The molecule has 0 aliphatic heterocycles. The Hall–Kier alpha value is -2.67. The molecule has 0 saturated heterocycles. The molecule has 0 fully saturated rings. The topological polar surface area (TPSA) is 59.7 Å². The van der Waals surface area contributed by atoms with Crippen molar-refractivity contribution in [2.75, 3.05) is 11.9 Å². The lowest BCUT2D eigenvalue weighted by Crippen LogP contribution is -2.30. The normalized spacial score (nSPS) is 10.8. The summed E-state index contributed by atoms with van der Waals surface area (Å²) < 4.78 is 3.96. The van der Waals surface area contributed by atoms with Crippen molar-refractivity contribution < 1.29 is 0 Å². The van der Waals surface area contributed by atoms with Gasteiger partial charge in [-0.15, -0.1) is 0 Å². The van der Waals surface area contributed by atoms with E-state index >= 15 is 0 Å². The fraction of sp³-hybridized carbons (Fsp3) is 0.350. The summed E-state index contributed by atoms with van der Waals surface area (Å²) in [6, 6.07) is 10.3. The third-order valence-electron chi connectivity index (χ3n) is 4.41. The van der Waals surface area contributed by atoms with Crippen molar-refractivity contribution in [1.82, 2.24) is 24.9 Å². The van der Waals surface area contributed by atoms with Gasteiger partial charge in [0.25, 0.3) is 0 Å². The van der Waals surface area contributed by atoms with Crippen LogP contribution in [0.15, 0.2) is 42.7 Å². The minimum Gasteiger partial charge on any atom is -0.362 e. The Morgan fingerprint density at radius 2 is 1.93 bits per heavy atom. The largest absolute Gasteiger partial charge is 0.362 e. The maximum atomic E-state index is 5.45. The van der Waals surface area contributed by atoms with Crippen molar-refractivity contribution in [1.29, 1.82) is 0 Å². The van der Waals surface area contributed by atoms with Crippen LogP contribution in [0.25, 0.3) is 0 Å². The second kappa shape index (κ2) is 8.81. The van der Waals surface area contributed by atoms with Gasteiger partial charge in [-0.1, -0.05) is 30.3 Å². The van der Waals surface area contributed by atoms with Crippen molar-refractivity contribution in [3.8, 4) is 0 Å². The van der Waals surface area contributed by atoms with Crippen LogP contribution in [0.3, 0.4) is 0 Å². The van der Waals surface area contributed by atoms with Gasteiger partial charge in [0.2, 0.25) is 0 Å². The second-order valence-electron chi connectivity index (χ2n) is 6.70. The summed E-state index contributed by atoms with van der Waals surface area (Å²) in [5.41, 5.74) is 5.40. The van der Waals surface area contributed by atoms with E-state index in [1.165, 1.54) is 11.1 Å². The Morgan fingerprint density at radius 3 is 2.63 bits per heavy atom. The maximum absolute atomic E-state index is 5.45. The molecule has 0 aliphatic rings. The molecule has 0 unspecified atom stereocenters. The van der Waals surface area contributed by atoms with Gasteiger partial charge in [-0.05, 0) is 50.5 Å². The number of anilines is 1. The number of hydrogen-bond acceptors (Lipinski definition) is 3. The van der Waals surface area contributed by atoms with E-state index in [-0.39, 0.29) is 0 Å². The fourth-order valence-electron chi connectivity index (χ4n) is 2.98. The zero-order valence-corrected chi connectivity index (χ0v) is 16.9. The third-order valence-corrected chi connectivity index (χ3v) is 4.65. The number of hydrogen-bond donors (Lipinski definition) is 2. The molecular formula is C20H26N6S. The molecular weight excluding hydrogens is 356 g/mol. The standard InChI is InChI=1S/C20H26N6S/c1-15-12-22-25(13-15)11-7-10-21-20(27)23-19-16(2)24-26(17(19)3)14-18-8-5-4-6-9-18/h4-6,8-9,12-13H,7,10-11,14H2,1-3H3,(H2,21,23,27). The predicted octanol–water partition coefficient (Wildman–Crippen LogP) is 3.43. The molecule has 0 atom stereocenters. The van der Waals surface area contributed by atoms with Crippen LogP contribution in [-0.2, 0) is 13.1 Å². The van der Waals surface area contributed by atoms with E-state index < -0.39 is 0 Å². The molecule has 7 heteroatoms. The van der Waals surface area contributed by atoms with Gasteiger partial charge in [0, 0.05) is 19.3 Å². The first-order valence-corrected chi connectivity index (χ1v) is 9.55. The maximum Gasteiger partial charge on any atom is 0.170 e. The van der Waals surface area contributed by atoms with Gasteiger partial charge < -0.3 is 10.6 Å². The van der Waals surface area contributed by atoms with E-state index in [9.17, 15) is 0 Å². The molecule has 2 aromatic heterocycles. The van der Waals surface area contributed by atoms with Crippen molar-refractivity contribution in [3.05, 3.63) is 65.2 Å². The first-order chi connectivity index (χ1) is 13.0. The van der Waals surface area contributed by atoms with Crippen LogP contribution in [0.5, 0.6) is 0 Å². The monoisotopic (exact) mass is 382 g/mol. The number of thiocarbonyl (C=S) groups is 1. The quantitative estimate of drug-likeness (QED) is 0.484. The molecule has 3 aromatic rings. The molecule has 0 amide bonds.